The molecule has 0 bridgehead atoms. The first-order valence-corrected chi connectivity index (χ1v) is 15.8. The van der Waals surface area contributed by atoms with Crippen LogP contribution < -0.4 is 14.9 Å². The lowest BCUT2D eigenvalue weighted by Gasteiger charge is -2.28. The SMILES string of the molecule is O=C(O)CN(c1ccc2c(C(=O)NCc3ccccc3C(=O)N3CCNCC3)cccc2c1)S(=O)(=O)c1cc(Cl)cc(Cl)c1. The number of nitrogens with one attached hydrogen (secondary N) is 2. The minimum atomic E-state index is -4.38. The maximum Gasteiger partial charge on any atom is 0.324 e. The molecule has 1 aliphatic rings. The Morgan fingerprint density at radius 3 is 2.27 bits per heavy atom. The van der Waals surface area contributed by atoms with E-state index in [1.54, 1.807) is 47.4 Å². The molecule has 4 aromatic carbocycles. The number of benzene rings is 4. The van der Waals surface area contributed by atoms with Gasteiger partial charge in [0.05, 0.1) is 10.6 Å². The molecular weight excluding hydrogens is 627 g/mol. The van der Waals surface area contributed by atoms with Gasteiger partial charge in [-0.05, 0) is 58.8 Å². The summed E-state index contributed by atoms with van der Waals surface area (Å²) in [5.41, 5.74) is 1.61. The number of hydrogen-bond acceptors (Lipinski definition) is 6. The second kappa shape index (κ2) is 13.2. The fraction of sp³-hybridized carbons (Fsp3) is 0.194. The average molecular weight is 656 g/mol. The predicted molar refractivity (Wildman–Crippen MR) is 169 cm³/mol. The van der Waals surface area contributed by atoms with Gasteiger partial charge in [0.15, 0.2) is 0 Å². The maximum absolute atomic E-state index is 13.5. The summed E-state index contributed by atoms with van der Waals surface area (Å²) in [6.45, 7) is 1.92. The zero-order valence-corrected chi connectivity index (χ0v) is 25.6. The summed E-state index contributed by atoms with van der Waals surface area (Å²) < 4.78 is 27.8. The summed E-state index contributed by atoms with van der Waals surface area (Å²) in [6.07, 6.45) is 0. The largest absolute Gasteiger partial charge is 0.480 e. The summed E-state index contributed by atoms with van der Waals surface area (Å²) >= 11 is 12.0. The van der Waals surface area contributed by atoms with Crippen LogP contribution in [0.25, 0.3) is 10.8 Å². The lowest BCUT2D eigenvalue weighted by molar-refractivity contribution is -0.135. The van der Waals surface area contributed by atoms with Crippen molar-refractivity contribution in [1.82, 2.24) is 15.5 Å². The number of carbonyl (C=O) groups is 3. The number of sulfonamides is 1. The molecule has 0 aliphatic carbocycles. The summed E-state index contributed by atoms with van der Waals surface area (Å²) in [6, 6.07) is 20.4. The highest BCUT2D eigenvalue weighted by Gasteiger charge is 2.28. The average Bonchev–Trinajstić information content (AvgIpc) is 3.01. The van der Waals surface area contributed by atoms with Crippen LogP contribution in [0, 0.1) is 0 Å². The van der Waals surface area contributed by atoms with Crippen molar-refractivity contribution in [1.29, 1.82) is 0 Å². The summed E-state index contributed by atoms with van der Waals surface area (Å²) in [4.78, 5) is 39.7. The molecule has 1 saturated heterocycles. The maximum atomic E-state index is 13.5. The van der Waals surface area contributed by atoms with Crippen LogP contribution in [0.2, 0.25) is 10.0 Å². The van der Waals surface area contributed by atoms with E-state index in [-0.39, 0.29) is 33.1 Å². The predicted octanol–water partition coefficient (Wildman–Crippen LogP) is 4.40. The highest BCUT2D eigenvalue weighted by Crippen LogP contribution is 2.31. The quantitative estimate of drug-likeness (QED) is 0.243. The molecule has 0 spiro atoms. The third-order valence-corrected chi connectivity index (χ3v) is 9.38. The van der Waals surface area contributed by atoms with Gasteiger partial charge in [-0.1, -0.05) is 59.6 Å². The van der Waals surface area contributed by atoms with Crippen LogP contribution in [-0.2, 0) is 21.4 Å². The van der Waals surface area contributed by atoms with Gasteiger partial charge in [0, 0.05) is 53.9 Å². The van der Waals surface area contributed by atoms with E-state index in [2.05, 4.69) is 10.6 Å². The molecule has 1 aliphatic heterocycles. The van der Waals surface area contributed by atoms with E-state index in [4.69, 9.17) is 23.2 Å². The summed E-state index contributed by atoms with van der Waals surface area (Å²) in [7, 11) is -4.38. The van der Waals surface area contributed by atoms with Crippen molar-refractivity contribution in [2.75, 3.05) is 37.0 Å². The molecule has 5 rings (SSSR count). The third kappa shape index (κ3) is 6.81. The smallest absolute Gasteiger partial charge is 0.324 e. The molecule has 3 N–H and O–H groups in total. The first-order chi connectivity index (χ1) is 21.0. The van der Waals surface area contributed by atoms with Crippen molar-refractivity contribution in [3.63, 3.8) is 0 Å². The van der Waals surface area contributed by atoms with Crippen LogP contribution in [0.3, 0.4) is 0 Å². The molecule has 0 radical (unpaired) electrons. The Bertz CT molecular complexity index is 1840. The van der Waals surface area contributed by atoms with E-state index in [0.29, 0.717) is 40.6 Å². The number of carboxylic acid groups (broad SMARTS) is 1. The highest BCUT2D eigenvalue weighted by molar-refractivity contribution is 7.92. The van der Waals surface area contributed by atoms with Gasteiger partial charge in [-0.25, -0.2) is 8.42 Å². The Hall–Kier alpha value is -4.16. The molecule has 44 heavy (non-hydrogen) atoms. The van der Waals surface area contributed by atoms with Crippen molar-refractivity contribution < 1.29 is 27.9 Å². The Balaban J connectivity index is 1.41. The third-order valence-electron chi connectivity index (χ3n) is 7.19. The molecule has 0 saturated carbocycles. The van der Waals surface area contributed by atoms with Crippen LogP contribution in [0.15, 0.2) is 83.8 Å². The highest BCUT2D eigenvalue weighted by atomic mass is 35.5. The molecule has 0 atom stereocenters. The van der Waals surface area contributed by atoms with E-state index in [9.17, 15) is 27.9 Å². The van der Waals surface area contributed by atoms with Gasteiger partial charge in [0.2, 0.25) is 0 Å². The number of carbonyl (C=O) groups excluding carboxylic acids is 2. The number of halogens is 2. The standard InChI is InChI=1S/C31H28Cl2N4O6S/c32-22-15-23(33)17-25(16-22)44(42,43)37(19-29(38)39)24-8-9-26-20(14-24)5-3-7-28(26)30(40)35-18-21-4-1-2-6-27(21)31(41)36-12-10-34-11-13-36/h1-9,14-17,34H,10-13,18-19H2,(H,35,40)(H,38,39). The normalized spacial score (nSPS) is 13.5. The molecular formula is C31H28Cl2N4O6S. The van der Waals surface area contributed by atoms with E-state index in [0.717, 1.165) is 17.4 Å². The molecule has 228 valence electrons. The second-order valence-electron chi connectivity index (χ2n) is 10.1. The monoisotopic (exact) mass is 654 g/mol. The number of anilines is 1. The molecule has 0 unspecified atom stereocenters. The van der Waals surface area contributed by atoms with Gasteiger partial charge >= 0.3 is 5.97 Å². The number of rotatable bonds is 9. The number of amides is 2. The number of carboxylic acids is 1. The van der Waals surface area contributed by atoms with Crippen molar-refractivity contribution in [3.8, 4) is 0 Å². The zero-order valence-electron chi connectivity index (χ0n) is 23.3. The van der Waals surface area contributed by atoms with Crippen molar-refractivity contribution in [2.45, 2.75) is 11.4 Å². The van der Waals surface area contributed by atoms with Crippen LogP contribution in [0.4, 0.5) is 5.69 Å². The number of fused-ring (bicyclic) bond motifs is 1. The van der Waals surface area contributed by atoms with Crippen molar-refractivity contribution in [2.24, 2.45) is 0 Å². The Morgan fingerprint density at radius 1 is 0.886 bits per heavy atom. The van der Waals surface area contributed by atoms with E-state index in [1.165, 1.54) is 30.3 Å². The minimum Gasteiger partial charge on any atom is -0.480 e. The fourth-order valence-electron chi connectivity index (χ4n) is 5.06. The van der Waals surface area contributed by atoms with Crippen LogP contribution in [-0.4, -0.2) is 68.9 Å². The number of aliphatic carboxylic acids is 1. The number of nitrogens with zero attached hydrogens (tertiary/aromatic N) is 2. The van der Waals surface area contributed by atoms with Crippen LogP contribution >= 0.6 is 23.2 Å². The topological polar surface area (TPSA) is 136 Å². The van der Waals surface area contributed by atoms with Gasteiger partial charge in [-0.15, -0.1) is 0 Å². The van der Waals surface area contributed by atoms with Gasteiger partial charge in [0.1, 0.15) is 6.54 Å². The molecule has 13 heteroatoms. The van der Waals surface area contributed by atoms with Gasteiger partial charge < -0.3 is 20.6 Å². The molecule has 0 aromatic heterocycles. The first-order valence-electron chi connectivity index (χ1n) is 13.6. The van der Waals surface area contributed by atoms with Gasteiger partial charge in [-0.2, -0.15) is 0 Å². The molecule has 1 heterocycles. The Labute approximate surface area is 264 Å². The summed E-state index contributed by atoms with van der Waals surface area (Å²) in [5, 5.41) is 16.9. The molecule has 10 nitrogen and oxygen atoms in total. The van der Waals surface area contributed by atoms with E-state index in [1.807, 2.05) is 6.07 Å². The minimum absolute atomic E-state index is 0.0777. The Kier molecular flexibility index (Phi) is 9.40. The number of hydrogen-bond donors (Lipinski definition) is 3. The van der Waals surface area contributed by atoms with E-state index < -0.39 is 28.4 Å². The van der Waals surface area contributed by atoms with Crippen LogP contribution in [0.5, 0.6) is 0 Å². The zero-order chi connectivity index (χ0) is 31.4. The van der Waals surface area contributed by atoms with Gasteiger partial charge in [0.25, 0.3) is 21.8 Å². The summed E-state index contributed by atoms with van der Waals surface area (Å²) in [5.74, 6) is -1.85. The molecule has 4 aromatic rings. The fourth-order valence-corrected chi connectivity index (χ4v) is 7.19. The van der Waals surface area contributed by atoms with E-state index >= 15 is 0 Å². The molecule has 1 fully saturated rings. The lowest BCUT2D eigenvalue weighted by atomic mass is 10.0. The van der Waals surface area contributed by atoms with Crippen molar-refractivity contribution >= 4 is 67.5 Å². The number of piperazine rings is 1. The Morgan fingerprint density at radius 2 is 1.57 bits per heavy atom. The van der Waals surface area contributed by atoms with Crippen molar-refractivity contribution in [3.05, 3.63) is 106 Å². The second-order valence-corrected chi connectivity index (χ2v) is 12.8. The first kappa shape index (κ1) is 31.3. The van der Waals surface area contributed by atoms with Gasteiger partial charge in [-0.3, -0.25) is 18.7 Å². The lowest BCUT2D eigenvalue weighted by Crippen LogP contribution is -2.46. The molecule has 2 amide bonds. The van der Waals surface area contributed by atoms with Crippen LogP contribution in [0.1, 0.15) is 26.3 Å².